The number of nitrogens with one attached hydrogen (secondary N) is 2. The van der Waals surface area contributed by atoms with E-state index in [-0.39, 0.29) is 11.9 Å². The van der Waals surface area contributed by atoms with Gasteiger partial charge in [0.2, 0.25) is 0 Å². The average Bonchev–Trinajstić information content (AvgIpc) is 3.22. The first-order valence-corrected chi connectivity index (χ1v) is 11.9. The first-order chi connectivity index (χ1) is 16.0. The molecule has 1 aromatic carbocycles. The topological polar surface area (TPSA) is 94.1 Å². The van der Waals surface area contributed by atoms with Gasteiger partial charge in [-0.1, -0.05) is 19.3 Å². The Labute approximate surface area is 192 Å². The van der Waals surface area contributed by atoms with Gasteiger partial charge in [0.15, 0.2) is 17.2 Å². The third kappa shape index (κ3) is 4.44. The highest BCUT2D eigenvalue weighted by Crippen LogP contribution is 2.29. The third-order valence-corrected chi connectivity index (χ3v) is 7.15. The van der Waals surface area contributed by atoms with E-state index in [0.29, 0.717) is 39.6 Å². The van der Waals surface area contributed by atoms with Gasteiger partial charge in [-0.2, -0.15) is 5.10 Å². The van der Waals surface area contributed by atoms with E-state index in [1.54, 1.807) is 12.1 Å². The molecule has 0 radical (unpaired) electrons. The molecule has 7 nitrogen and oxygen atoms in total. The Kier molecular flexibility index (Phi) is 6.01. The SMILES string of the molecule is Cc1n[nH]c2nc(-c3ccc(O)c(F)c3)cc(C(=O)NC3CCN(C4CCCCC4)CC3)c12. The summed E-state index contributed by atoms with van der Waals surface area (Å²) in [6, 6.07) is 6.60. The minimum Gasteiger partial charge on any atom is -0.505 e. The summed E-state index contributed by atoms with van der Waals surface area (Å²) in [7, 11) is 0. The zero-order valence-electron chi connectivity index (χ0n) is 18.9. The molecule has 2 aromatic heterocycles. The largest absolute Gasteiger partial charge is 0.505 e. The van der Waals surface area contributed by atoms with Crippen LogP contribution in [0.5, 0.6) is 5.75 Å². The van der Waals surface area contributed by atoms with Crippen molar-refractivity contribution in [2.24, 2.45) is 0 Å². The number of aromatic hydroxyl groups is 1. The number of hydrogen-bond acceptors (Lipinski definition) is 5. The molecule has 1 aliphatic heterocycles. The van der Waals surface area contributed by atoms with E-state index < -0.39 is 11.6 Å². The van der Waals surface area contributed by atoms with Crippen molar-refractivity contribution in [3.8, 4) is 17.0 Å². The first kappa shape index (κ1) is 21.8. The number of hydrogen-bond donors (Lipinski definition) is 3. The fourth-order valence-corrected chi connectivity index (χ4v) is 5.30. The Morgan fingerprint density at radius 3 is 2.64 bits per heavy atom. The molecule has 33 heavy (non-hydrogen) atoms. The molecule has 2 aliphatic rings. The summed E-state index contributed by atoms with van der Waals surface area (Å²) in [6.07, 6.45) is 8.50. The zero-order chi connectivity index (χ0) is 22.9. The Hall–Kier alpha value is -3.00. The average molecular weight is 452 g/mol. The number of aromatic nitrogens is 3. The lowest BCUT2D eigenvalue weighted by Crippen LogP contribution is -2.48. The number of fused-ring (bicyclic) bond motifs is 1. The number of aryl methyl sites for hydroxylation is 1. The maximum atomic E-state index is 13.9. The van der Waals surface area contributed by atoms with Crippen molar-refractivity contribution in [3.63, 3.8) is 0 Å². The fraction of sp³-hybridized carbons (Fsp3) is 0.480. The van der Waals surface area contributed by atoms with Crippen molar-refractivity contribution in [1.29, 1.82) is 0 Å². The predicted octanol–water partition coefficient (Wildman–Crippen LogP) is 4.30. The van der Waals surface area contributed by atoms with E-state index in [0.717, 1.165) is 25.9 Å². The molecule has 1 saturated heterocycles. The number of H-pyrrole nitrogens is 1. The van der Waals surface area contributed by atoms with Crippen LogP contribution in [0.4, 0.5) is 4.39 Å². The van der Waals surface area contributed by atoms with Gasteiger partial charge >= 0.3 is 0 Å². The number of aromatic amines is 1. The number of benzene rings is 1. The summed E-state index contributed by atoms with van der Waals surface area (Å²) in [6.45, 7) is 3.87. The number of phenolic OH excluding ortho intramolecular Hbond substituents is 1. The molecule has 0 bridgehead atoms. The van der Waals surface area contributed by atoms with Crippen molar-refractivity contribution in [2.75, 3.05) is 13.1 Å². The number of phenols is 1. The third-order valence-electron chi connectivity index (χ3n) is 7.15. The smallest absolute Gasteiger partial charge is 0.252 e. The van der Waals surface area contributed by atoms with Crippen molar-refractivity contribution >= 4 is 16.9 Å². The van der Waals surface area contributed by atoms with E-state index in [2.05, 4.69) is 25.4 Å². The van der Waals surface area contributed by atoms with Gasteiger partial charge in [-0.25, -0.2) is 9.37 Å². The summed E-state index contributed by atoms with van der Waals surface area (Å²) in [5, 5.41) is 20.5. The molecule has 8 heteroatoms. The number of amides is 1. The second kappa shape index (κ2) is 9.09. The lowest BCUT2D eigenvalue weighted by atomic mass is 9.92. The highest BCUT2D eigenvalue weighted by atomic mass is 19.1. The maximum Gasteiger partial charge on any atom is 0.252 e. The van der Waals surface area contributed by atoms with Crippen molar-refractivity contribution in [1.82, 2.24) is 25.4 Å². The molecule has 0 atom stereocenters. The molecule has 174 valence electrons. The van der Waals surface area contributed by atoms with Crippen molar-refractivity contribution in [3.05, 3.63) is 41.3 Å². The number of pyridine rings is 1. The van der Waals surface area contributed by atoms with Crippen LogP contribution in [-0.2, 0) is 0 Å². The lowest BCUT2D eigenvalue weighted by Gasteiger charge is -2.39. The van der Waals surface area contributed by atoms with Gasteiger partial charge in [-0.05, 0) is 56.9 Å². The van der Waals surface area contributed by atoms with Crippen LogP contribution in [0.15, 0.2) is 24.3 Å². The molecular formula is C25H30FN5O2. The minimum absolute atomic E-state index is 0.127. The molecule has 5 rings (SSSR count). The molecule has 1 aliphatic carbocycles. The van der Waals surface area contributed by atoms with Gasteiger partial charge in [0.05, 0.1) is 22.3 Å². The number of carbonyl (C=O) groups is 1. The van der Waals surface area contributed by atoms with E-state index in [4.69, 9.17) is 0 Å². The highest BCUT2D eigenvalue weighted by molar-refractivity contribution is 6.07. The van der Waals surface area contributed by atoms with Crippen molar-refractivity contribution < 1.29 is 14.3 Å². The Balaban J connectivity index is 1.35. The summed E-state index contributed by atoms with van der Waals surface area (Å²) >= 11 is 0. The van der Waals surface area contributed by atoms with Gasteiger partial charge in [-0.15, -0.1) is 0 Å². The standard InChI is InChI=1S/C25H30FN5O2/c1-15-23-19(14-21(28-24(23)30-29-15)16-7-8-22(32)20(26)13-16)25(33)27-17-9-11-31(12-10-17)18-5-3-2-4-6-18/h7-8,13-14,17-18,32H,2-6,9-12H2,1H3,(H,27,33)(H,28,29,30). The van der Waals surface area contributed by atoms with Crippen LogP contribution in [-0.4, -0.2) is 56.3 Å². The van der Waals surface area contributed by atoms with Gasteiger partial charge < -0.3 is 15.3 Å². The quantitative estimate of drug-likeness (QED) is 0.550. The number of piperidine rings is 1. The number of nitrogens with zero attached hydrogens (tertiary/aromatic N) is 3. The molecule has 0 unspecified atom stereocenters. The van der Waals surface area contributed by atoms with Crippen LogP contribution in [0.3, 0.4) is 0 Å². The first-order valence-electron chi connectivity index (χ1n) is 11.9. The number of likely N-dealkylation sites (tertiary alicyclic amines) is 1. The summed E-state index contributed by atoms with van der Waals surface area (Å²) in [5.41, 5.74) is 2.58. The fourth-order valence-electron chi connectivity index (χ4n) is 5.30. The Bertz CT molecular complexity index is 1160. The van der Waals surface area contributed by atoms with Gasteiger partial charge in [0, 0.05) is 30.7 Å². The van der Waals surface area contributed by atoms with Crippen LogP contribution in [0.2, 0.25) is 0 Å². The second-order valence-corrected chi connectivity index (χ2v) is 9.33. The lowest BCUT2D eigenvalue weighted by molar-refractivity contribution is 0.0866. The monoisotopic (exact) mass is 451 g/mol. The zero-order valence-corrected chi connectivity index (χ0v) is 18.9. The molecule has 3 heterocycles. The highest BCUT2D eigenvalue weighted by Gasteiger charge is 2.28. The number of halogens is 1. The van der Waals surface area contributed by atoms with E-state index in [1.165, 1.54) is 44.2 Å². The Morgan fingerprint density at radius 1 is 1.15 bits per heavy atom. The Morgan fingerprint density at radius 2 is 1.91 bits per heavy atom. The molecular weight excluding hydrogens is 421 g/mol. The van der Waals surface area contributed by atoms with Crippen LogP contribution in [0.1, 0.15) is 61.0 Å². The summed E-state index contributed by atoms with van der Waals surface area (Å²) < 4.78 is 13.9. The van der Waals surface area contributed by atoms with Gasteiger partial charge in [0.1, 0.15) is 0 Å². The van der Waals surface area contributed by atoms with Crippen LogP contribution in [0, 0.1) is 12.7 Å². The molecule has 2 fully saturated rings. The summed E-state index contributed by atoms with van der Waals surface area (Å²) in [4.78, 5) is 20.5. The van der Waals surface area contributed by atoms with Crippen LogP contribution >= 0.6 is 0 Å². The minimum atomic E-state index is -0.731. The normalized spacial score (nSPS) is 18.6. The number of rotatable bonds is 4. The summed E-state index contributed by atoms with van der Waals surface area (Å²) in [5.74, 6) is -1.32. The molecule has 1 saturated carbocycles. The van der Waals surface area contributed by atoms with E-state index >= 15 is 0 Å². The maximum absolute atomic E-state index is 13.9. The van der Waals surface area contributed by atoms with E-state index in [1.807, 2.05) is 6.92 Å². The van der Waals surface area contributed by atoms with E-state index in [9.17, 15) is 14.3 Å². The predicted molar refractivity (Wildman–Crippen MR) is 125 cm³/mol. The molecule has 1 amide bonds. The van der Waals surface area contributed by atoms with Gasteiger partial charge in [0.25, 0.3) is 5.91 Å². The van der Waals surface area contributed by atoms with Gasteiger partial charge in [-0.3, -0.25) is 9.89 Å². The molecule has 3 N–H and O–H groups in total. The van der Waals surface area contributed by atoms with Crippen molar-refractivity contribution in [2.45, 2.75) is 64.0 Å². The van der Waals surface area contributed by atoms with Crippen LogP contribution < -0.4 is 5.32 Å². The molecule has 0 spiro atoms. The second-order valence-electron chi connectivity index (χ2n) is 9.33. The van der Waals surface area contributed by atoms with Crippen LogP contribution in [0.25, 0.3) is 22.3 Å². The number of carbonyl (C=O) groups excluding carboxylic acids is 1. The molecule has 3 aromatic rings.